The molecule has 0 bridgehead atoms. The smallest absolute Gasteiger partial charge is 0.352 e. The van der Waals surface area contributed by atoms with Crippen LogP contribution in [-0.2, 0) is 14.3 Å². The first-order valence-corrected chi connectivity index (χ1v) is 2.90. The molecule has 0 atom stereocenters. The third-order valence-electron chi connectivity index (χ3n) is 1.16. The molecule has 0 heterocycles. The van der Waals surface area contributed by atoms with Gasteiger partial charge in [0, 0.05) is 0 Å². The van der Waals surface area contributed by atoms with Gasteiger partial charge < -0.3 is 9.47 Å². The summed E-state index contributed by atoms with van der Waals surface area (Å²) in [7, 11) is 2.60. The van der Waals surface area contributed by atoms with Crippen molar-refractivity contribution in [3.05, 3.63) is 11.3 Å². The van der Waals surface area contributed by atoms with Gasteiger partial charge in [-0.1, -0.05) is 0 Å². The van der Waals surface area contributed by atoms with Crippen molar-refractivity contribution < 1.29 is 14.3 Å². The molecule has 0 aromatic carbocycles. The van der Waals surface area contributed by atoms with Gasteiger partial charge in [0.15, 0.2) is 5.57 Å². The van der Waals surface area contributed by atoms with Gasteiger partial charge in [0.1, 0.15) is 11.8 Å². The van der Waals surface area contributed by atoms with E-state index in [9.17, 15) is 4.79 Å². The Morgan fingerprint density at radius 3 is 2.18 bits per heavy atom. The molecule has 0 aliphatic rings. The zero-order chi connectivity index (χ0) is 8.85. The molecule has 0 saturated carbocycles. The molecule has 11 heavy (non-hydrogen) atoms. The molecule has 0 fully saturated rings. The van der Waals surface area contributed by atoms with E-state index in [4.69, 9.17) is 5.26 Å². The molecule has 0 aromatic rings. The molecule has 0 spiro atoms. The Balaban J connectivity index is 4.69. The number of carbonyl (C=O) groups is 1. The molecule has 0 aliphatic heterocycles. The monoisotopic (exact) mass is 155 g/mol. The molecule has 0 amide bonds. The maximum Gasteiger partial charge on any atom is 0.352 e. The minimum atomic E-state index is -0.674. The number of rotatable bonds is 2. The van der Waals surface area contributed by atoms with Crippen LogP contribution in [0, 0.1) is 11.3 Å². The van der Waals surface area contributed by atoms with Crippen molar-refractivity contribution in [1.29, 1.82) is 5.26 Å². The van der Waals surface area contributed by atoms with Crippen LogP contribution in [0.5, 0.6) is 0 Å². The highest BCUT2D eigenvalue weighted by molar-refractivity contribution is 5.93. The summed E-state index contributed by atoms with van der Waals surface area (Å²) in [5.74, 6) is -0.411. The number of nitriles is 1. The highest BCUT2D eigenvalue weighted by Crippen LogP contribution is 2.04. The van der Waals surface area contributed by atoms with Gasteiger partial charge in [0.25, 0.3) is 0 Å². The average Bonchev–Trinajstić information content (AvgIpc) is 2.05. The molecule has 0 radical (unpaired) electrons. The first-order valence-electron chi connectivity index (χ1n) is 2.90. The summed E-state index contributed by atoms with van der Waals surface area (Å²) in [4.78, 5) is 10.8. The van der Waals surface area contributed by atoms with Crippen molar-refractivity contribution in [2.75, 3.05) is 14.2 Å². The van der Waals surface area contributed by atoms with Crippen LogP contribution in [0.15, 0.2) is 11.3 Å². The molecule has 0 rings (SSSR count). The van der Waals surface area contributed by atoms with Crippen molar-refractivity contribution in [2.24, 2.45) is 0 Å². The largest absolute Gasteiger partial charge is 0.500 e. The summed E-state index contributed by atoms with van der Waals surface area (Å²) in [5, 5.41) is 8.44. The van der Waals surface area contributed by atoms with E-state index in [2.05, 4.69) is 9.47 Å². The van der Waals surface area contributed by atoms with Crippen LogP contribution in [0.4, 0.5) is 0 Å². The van der Waals surface area contributed by atoms with Gasteiger partial charge in [-0.15, -0.1) is 0 Å². The van der Waals surface area contributed by atoms with E-state index >= 15 is 0 Å². The van der Waals surface area contributed by atoms with Crippen LogP contribution in [0.3, 0.4) is 0 Å². The van der Waals surface area contributed by atoms with E-state index in [0.29, 0.717) is 0 Å². The molecular weight excluding hydrogens is 146 g/mol. The van der Waals surface area contributed by atoms with Crippen molar-refractivity contribution in [3.63, 3.8) is 0 Å². The van der Waals surface area contributed by atoms with Crippen LogP contribution < -0.4 is 0 Å². The third-order valence-corrected chi connectivity index (χ3v) is 1.16. The van der Waals surface area contributed by atoms with E-state index in [-0.39, 0.29) is 11.3 Å². The fourth-order valence-electron chi connectivity index (χ4n) is 0.472. The van der Waals surface area contributed by atoms with E-state index in [1.54, 1.807) is 6.07 Å². The van der Waals surface area contributed by atoms with Crippen LogP contribution in [0.1, 0.15) is 6.92 Å². The third kappa shape index (κ3) is 2.30. The van der Waals surface area contributed by atoms with Crippen molar-refractivity contribution in [3.8, 4) is 6.07 Å². The SMILES string of the molecule is COC(=O)/C(C#N)=C(\C)OC. The first-order chi connectivity index (χ1) is 5.17. The van der Waals surface area contributed by atoms with Crippen molar-refractivity contribution >= 4 is 5.97 Å². The van der Waals surface area contributed by atoms with Gasteiger partial charge in [0.2, 0.25) is 0 Å². The Morgan fingerprint density at radius 1 is 1.36 bits per heavy atom. The van der Waals surface area contributed by atoms with Gasteiger partial charge in [-0.05, 0) is 6.92 Å². The fraction of sp³-hybridized carbons (Fsp3) is 0.429. The van der Waals surface area contributed by atoms with Gasteiger partial charge in [0.05, 0.1) is 14.2 Å². The molecule has 0 aromatic heterocycles. The van der Waals surface area contributed by atoms with E-state index < -0.39 is 5.97 Å². The lowest BCUT2D eigenvalue weighted by molar-refractivity contribution is -0.135. The molecule has 0 saturated heterocycles. The van der Waals surface area contributed by atoms with Gasteiger partial charge in [-0.3, -0.25) is 0 Å². The summed E-state index contributed by atoms with van der Waals surface area (Å²) in [6, 6.07) is 1.68. The van der Waals surface area contributed by atoms with Crippen LogP contribution in [0.2, 0.25) is 0 Å². The predicted octanol–water partition coefficient (Wildman–Crippen LogP) is 0.603. The minimum Gasteiger partial charge on any atom is -0.500 e. The van der Waals surface area contributed by atoms with Crippen LogP contribution >= 0.6 is 0 Å². The number of allylic oxidation sites excluding steroid dienone is 1. The second-order valence-electron chi connectivity index (χ2n) is 1.74. The van der Waals surface area contributed by atoms with Crippen LogP contribution in [0.25, 0.3) is 0 Å². The number of hydrogen-bond donors (Lipinski definition) is 0. The molecular formula is C7H9NO3. The predicted molar refractivity (Wildman–Crippen MR) is 37.3 cm³/mol. The molecule has 60 valence electrons. The number of esters is 1. The number of carbonyl (C=O) groups excluding carboxylic acids is 1. The summed E-state index contributed by atoms with van der Waals surface area (Å²) in [6.45, 7) is 1.52. The molecule has 0 aliphatic carbocycles. The van der Waals surface area contributed by atoms with E-state index in [0.717, 1.165) is 0 Å². The van der Waals surface area contributed by atoms with Crippen molar-refractivity contribution in [2.45, 2.75) is 6.92 Å². The van der Waals surface area contributed by atoms with Crippen molar-refractivity contribution in [1.82, 2.24) is 0 Å². The maximum absolute atomic E-state index is 10.8. The topological polar surface area (TPSA) is 59.3 Å². The fourth-order valence-corrected chi connectivity index (χ4v) is 0.472. The number of nitrogens with zero attached hydrogens (tertiary/aromatic N) is 1. The van der Waals surface area contributed by atoms with E-state index in [1.807, 2.05) is 0 Å². The summed E-state index contributed by atoms with van der Waals surface area (Å²) < 4.78 is 9.01. The zero-order valence-electron chi connectivity index (χ0n) is 6.67. The minimum absolute atomic E-state index is 0.102. The molecule has 4 heteroatoms. The van der Waals surface area contributed by atoms with E-state index in [1.165, 1.54) is 21.1 Å². The molecule has 0 unspecified atom stereocenters. The Hall–Kier alpha value is -1.50. The Labute approximate surface area is 65.0 Å². The molecule has 0 N–H and O–H groups in total. The summed E-state index contributed by atoms with van der Waals surface area (Å²) in [6.07, 6.45) is 0. The van der Waals surface area contributed by atoms with Gasteiger partial charge >= 0.3 is 5.97 Å². The Kier molecular flexibility index (Phi) is 3.75. The summed E-state index contributed by atoms with van der Waals surface area (Å²) >= 11 is 0. The average molecular weight is 155 g/mol. The Morgan fingerprint density at radius 2 is 1.91 bits per heavy atom. The lowest BCUT2D eigenvalue weighted by Gasteiger charge is -2.00. The van der Waals surface area contributed by atoms with Gasteiger partial charge in [-0.2, -0.15) is 5.26 Å². The van der Waals surface area contributed by atoms with Gasteiger partial charge in [-0.25, -0.2) is 4.79 Å². The quantitative estimate of drug-likeness (QED) is 0.253. The number of ether oxygens (including phenoxy) is 2. The Bertz CT molecular complexity index is 224. The zero-order valence-corrected chi connectivity index (χ0v) is 6.67. The first kappa shape index (κ1) is 9.50. The highest BCUT2D eigenvalue weighted by Gasteiger charge is 2.12. The van der Waals surface area contributed by atoms with Crippen LogP contribution in [-0.4, -0.2) is 20.2 Å². The lowest BCUT2D eigenvalue weighted by atomic mass is 10.2. The number of methoxy groups -OCH3 is 2. The summed E-state index contributed by atoms with van der Waals surface area (Å²) in [5.41, 5.74) is -0.102. The molecule has 4 nitrogen and oxygen atoms in total. The maximum atomic E-state index is 10.8. The highest BCUT2D eigenvalue weighted by atomic mass is 16.5. The second-order valence-corrected chi connectivity index (χ2v) is 1.74. The lowest BCUT2D eigenvalue weighted by Crippen LogP contribution is -2.05. The standard InChI is InChI=1S/C7H9NO3/c1-5(10-2)6(4-8)7(9)11-3/h1-3H3/b6-5+. The second kappa shape index (κ2) is 4.34. The normalized spacial score (nSPS) is 11.1. The number of hydrogen-bond acceptors (Lipinski definition) is 4.